The first-order valence-corrected chi connectivity index (χ1v) is 10.6. The molecule has 0 saturated carbocycles. The Morgan fingerprint density at radius 2 is 1.71 bits per heavy atom. The summed E-state index contributed by atoms with van der Waals surface area (Å²) in [6.45, 7) is 4.64. The molecule has 1 aromatic heterocycles. The molecule has 1 aromatic carbocycles. The van der Waals surface area contributed by atoms with Gasteiger partial charge >= 0.3 is 0 Å². The summed E-state index contributed by atoms with van der Waals surface area (Å²) in [4.78, 5) is 24.2. The molecule has 3 N–H and O–H groups in total. The lowest BCUT2D eigenvalue weighted by molar-refractivity contribution is 0.1000. The summed E-state index contributed by atoms with van der Waals surface area (Å²) in [5.41, 5.74) is 5.44. The number of carbonyl (C=O) groups is 1. The van der Waals surface area contributed by atoms with Gasteiger partial charge in [-0.1, -0.05) is 0 Å². The molecule has 0 bridgehead atoms. The van der Waals surface area contributed by atoms with Gasteiger partial charge in [0.05, 0.1) is 4.90 Å². The number of rotatable bonds is 8. The Labute approximate surface area is 164 Å². The van der Waals surface area contributed by atoms with Gasteiger partial charge in [0.2, 0.25) is 21.9 Å². The first kappa shape index (κ1) is 20.2. The van der Waals surface area contributed by atoms with Crippen LogP contribution in [0.5, 0.6) is 0 Å². The number of primary amides is 1. The third kappa shape index (κ3) is 5.24. The Balaban J connectivity index is 1.40. The van der Waals surface area contributed by atoms with Gasteiger partial charge in [0.15, 0.2) is 0 Å². The topological polar surface area (TPSA) is 122 Å². The van der Waals surface area contributed by atoms with Gasteiger partial charge < -0.3 is 10.6 Å². The molecule has 1 saturated heterocycles. The predicted molar refractivity (Wildman–Crippen MR) is 105 cm³/mol. The number of carbonyl (C=O) groups excluding carboxylic acids is 1. The third-order valence-corrected chi connectivity index (χ3v) is 6.08. The Hall–Kier alpha value is -2.56. The number of nitrogens with one attached hydrogen (secondary N) is 1. The second-order valence-corrected chi connectivity index (χ2v) is 8.28. The zero-order chi connectivity index (χ0) is 20.0. The van der Waals surface area contributed by atoms with E-state index in [0.717, 1.165) is 38.7 Å². The number of hydrogen-bond acceptors (Lipinski definition) is 7. The molecule has 0 aliphatic carbocycles. The molecule has 1 amide bonds. The van der Waals surface area contributed by atoms with Crippen LogP contribution in [0.1, 0.15) is 16.8 Å². The van der Waals surface area contributed by atoms with Gasteiger partial charge in [-0.25, -0.2) is 23.1 Å². The van der Waals surface area contributed by atoms with Gasteiger partial charge in [0.25, 0.3) is 0 Å². The normalized spacial score (nSPS) is 15.5. The van der Waals surface area contributed by atoms with Crippen LogP contribution in [0.2, 0.25) is 0 Å². The predicted octanol–water partition coefficient (Wildman–Crippen LogP) is 0.0661. The van der Waals surface area contributed by atoms with Gasteiger partial charge in [-0.05, 0) is 43.3 Å². The number of hydrogen-bond donors (Lipinski definition) is 2. The maximum absolute atomic E-state index is 12.3. The van der Waals surface area contributed by atoms with Crippen LogP contribution in [0.15, 0.2) is 47.6 Å². The molecule has 0 unspecified atom stereocenters. The van der Waals surface area contributed by atoms with Crippen LogP contribution in [0.25, 0.3) is 0 Å². The van der Waals surface area contributed by atoms with Crippen LogP contribution >= 0.6 is 0 Å². The second-order valence-electron chi connectivity index (χ2n) is 6.52. The fourth-order valence-corrected chi connectivity index (χ4v) is 4.09. The van der Waals surface area contributed by atoms with E-state index in [0.29, 0.717) is 13.0 Å². The molecular formula is C18H24N6O3S. The van der Waals surface area contributed by atoms with Crippen molar-refractivity contribution in [2.24, 2.45) is 5.73 Å². The highest BCUT2D eigenvalue weighted by Gasteiger charge is 2.19. The van der Waals surface area contributed by atoms with Crippen LogP contribution in [0.4, 0.5) is 5.95 Å². The van der Waals surface area contributed by atoms with Gasteiger partial charge in [-0.15, -0.1) is 0 Å². The molecule has 10 heteroatoms. The average molecular weight is 404 g/mol. The molecule has 0 atom stereocenters. The molecule has 1 fully saturated rings. The molecule has 0 radical (unpaired) electrons. The first-order valence-electron chi connectivity index (χ1n) is 9.09. The lowest BCUT2D eigenvalue weighted by Gasteiger charge is -2.34. The number of nitrogens with zero attached hydrogens (tertiary/aromatic N) is 4. The quantitative estimate of drug-likeness (QED) is 0.597. The Morgan fingerprint density at radius 3 is 2.32 bits per heavy atom. The van der Waals surface area contributed by atoms with E-state index >= 15 is 0 Å². The van der Waals surface area contributed by atoms with Crippen molar-refractivity contribution in [3.8, 4) is 0 Å². The average Bonchev–Trinajstić information content (AvgIpc) is 2.72. The lowest BCUT2D eigenvalue weighted by Crippen LogP contribution is -2.47. The van der Waals surface area contributed by atoms with Crippen molar-refractivity contribution in [1.29, 1.82) is 0 Å². The molecule has 28 heavy (non-hydrogen) atoms. The SMILES string of the molecule is NC(=O)c1ccc(S(=O)(=O)NCCCN2CCN(c3ncccn3)CC2)cc1. The van der Waals surface area contributed by atoms with Crippen molar-refractivity contribution < 1.29 is 13.2 Å². The fourth-order valence-electron chi connectivity index (χ4n) is 3.02. The van der Waals surface area contributed by atoms with Crippen LogP contribution in [-0.4, -0.2) is 68.5 Å². The monoisotopic (exact) mass is 404 g/mol. The minimum Gasteiger partial charge on any atom is -0.366 e. The molecule has 3 rings (SSSR count). The van der Waals surface area contributed by atoms with Crippen LogP contribution in [0.3, 0.4) is 0 Å². The van der Waals surface area contributed by atoms with Crippen LogP contribution < -0.4 is 15.4 Å². The summed E-state index contributed by atoms with van der Waals surface area (Å²) in [5, 5.41) is 0. The number of sulfonamides is 1. The van der Waals surface area contributed by atoms with Gasteiger partial charge in [-0.2, -0.15) is 0 Å². The zero-order valence-corrected chi connectivity index (χ0v) is 16.3. The fraction of sp³-hybridized carbons (Fsp3) is 0.389. The summed E-state index contributed by atoms with van der Waals surface area (Å²) < 4.78 is 27.2. The van der Waals surface area contributed by atoms with Gasteiger partial charge in [0, 0.05) is 50.7 Å². The Kier molecular flexibility index (Phi) is 6.55. The van der Waals surface area contributed by atoms with E-state index in [1.54, 1.807) is 18.5 Å². The van der Waals surface area contributed by atoms with Crippen molar-refractivity contribution in [3.05, 3.63) is 48.3 Å². The van der Waals surface area contributed by atoms with E-state index in [2.05, 4.69) is 24.5 Å². The van der Waals surface area contributed by atoms with E-state index in [4.69, 9.17) is 5.73 Å². The van der Waals surface area contributed by atoms with Gasteiger partial charge in [-0.3, -0.25) is 9.69 Å². The number of aromatic nitrogens is 2. The van der Waals surface area contributed by atoms with E-state index in [1.165, 1.54) is 24.3 Å². The summed E-state index contributed by atoms with van der Waals surface area (Å²) in [6, 6.07) is 7.38. The largest absolute Gasteiger partial charge is 0.366 e. The Bertz CT molecular complexity index is 881. The first-order chi connectivity index (χ1) is 13.5. The summed E-state index contributed by atoms with van der Waals surface area (Å²) in [7, 11) is -3.60. The second kappa shape index (κ2) is 9.09. The number of anilines is 1. The number of amides is 1. The molecule has 9 nitrogen and oxygen atoms in total. The highest BCUT2D eigenvalue weighted by atomic mass is 32.2. The molecule has 1 aliphatic heterocycles. The molecule has 150 valence electrons. The molecule has 0 spiro atoms. The van der Waals surface area contributed by atoms with Crippen LogP contribution in [-0.2, 0) is 10.0 Å². The van der Waals surface area contributed by atoms with Crippen molar-refractivity contribution >= 4 is 21.9 Å². The highest BCUT2D eigenvalue weighted by molar-refractivity contribution is 7.89. The van der Waals surface area contributed by atoms with E-state index in [9.17, 15) is 13.2 Å². The van der Waals surface area contributed by atoms with E-state index in [1.807, 2.05) is 0 Å². The highest BCUT2D eigenvalue weighted by Crippen LogP contribution is 2.11. The van der Waals surface area contributed by atoms with Crippen LogP contribution in [0, 0.1) is 0 Å². The van der Waals surface area contributed by atoms with E-state index in [-0.39, 0.29) is 10.5 Å². The number of nitrogens with two attached hydrogens (primary N) is 1. The Morgan fingerprint density at radius 1 is 1.07 bits per heavy atom. The standard InChI is InChI=1S/C18H24N6O3S/c19-17(25)15-3-5-16(6-4-15)28(26,27)22-9-2-10-23-11-13-24(14-12-23)18-20-7-1-8-21-18/h1,3-8,22H,2,9-14H2,(H2,19,25). The third-order valence-electron chi connectivity index (χ3n) is 4.60. The minimum atomic E-state index is -3.60. The minimum absolute atomic E-state index is 0.119. The smallest absolute Gasteiger partial charge is 0.248 e. The molecule has 2 heterocycles. The maximum Gasteiger partial charge on any atom is 0.248 e. The van der Waals surface area contributed by atoms with Gasteiger partial charge in [0.1, 0.15) is 0 Å². The van der Waals surface area contributed by atoms with Crippen molar-refractivity contribution in [1.82, 2.24) is 19.6 Å². The zero-order valence-electron chi connectivity index (χ0n) is 15.5. The molecular weight excluding hydrogens is 380 g/mol. The summed E-state index contributed by atoms with van der Waals surface area (Å²) >= 11 is 0. The molecule has 1 aliphatic rings. The van der Waals surface area contributed by atoms with Crippen molar-refractivity contribution in [2.45, 2.75) is 11.3 Å². The summed E-state index contributed by atoms with van der Waals surface area (Å²) in [5.74, 6) is 0.160. The van der Waals surface area contributed by atoms with Crippen molar-refractivity contribution in [3.63, 3.8) is 0 Å². The number of benzene rings is 1. The van der Waals surface area contributed by atoms with E-state index < -0.39 is 15.9 Å². The van der Waals surface area contributed by atoms with Crippen molar-refractivity contribution in [2.75, 3.05) is 44.2 Å². The number of piperazine rings is 1. The summed E-state index contributed by atoms with van der Waals surface area (Å²) in [6.07, 6.45) is 4.19. The maximum atomic E-state index is 12.3. The molecule has 2 aromatic rings. The lowest BCUT2D eigenvalue weighted by atomic mass is 10.2.